The number of phenols is 1. The minimum Gasteiger partial charge on any atom is -0.508 e. The minimum atomic E-state index is -1.65. The molecular weight excluding hydrogens is 738 g/mol. The van der Waals surface area contributed by atoms with Crippen LogP contribution in [0.2, 0.25) is 0 Å². The number of hydrogen-bond donors (Lipinski definition) is 8. The molecule has 7 atom stereocenters. The van der Waals surface area contributed by atoms with Gasteiger partial charge in [-0.25, -0.2) is 4.79 Å². The molecule has 1 fully saturated rings. The van der Waals surface area contributed by atoms with E-state index in [0.717, 1.165) is 11.6 Å². The van der Waals surface area contributed by atoms with E-state index in [0.29, 0.717) is 6.42 Å². The molecule has 0 unspecified atom stereocenters. The van der Waals surface area contributed by atoms with Gasteiger partial charge in [0.05, 0.1) is 12.8 Å². The summed E-state index contributed by atoms with van der Waals surface area (Å²) < 4.78 is 5.64. The summed E-state index contributed by atoms with van der Waals surface area (Å²) in [5.74, 6) is -8.64. The molecule has 1 aromatic rings. The molecule has 1 aromatic carbocycles. The molecule has 2 rings (SSSR count). The van der Waals surface area contributed by atoms with E-state index < -0.39 is 108 Å². The number of amides is 7. The lowest BCUT2D eigenvalue weighted by atomic mass is 9.98. The molecule has 0 spiro atoms. The third kappa shape index (κ3) is 16.4. The van der Waals surface area contributed by atoms with E-state index in [1.807, 2.05) is 12.2 Å². The predicted octanol–water partition coefficient (Wildman–Crippen LogP) is 0.452. The van der Waals surface area contributed by atoms with Crippen molar-refractivity contribution >= 4 is 53.4 Å². The van der Waals surface area contributed by atoms with Crippen molar-refractivity contribution in [3.05, 3.63) is 84.5 Å². The molecule has 17 nitrogen and oxygen atoms in total. The highest BCUT2D eigenvalue weighted by atomic mass is 16.5. The van der Waals surface area contributed by atoms with Crippen LogP contribution in [0.1, 0.15) is 59.4 Å². The van der Waals surface area contributed by atoms with Gasteiger partial charge in [-0.05, 0) is 36.5 Å². The molecule has 0 aliphatic carbocycles. The summed E-state index contributed by atoms with van der Waals surface area (Å²) in [6.07, 6.45) is 14.0. The lowest BCUT2D eigenvalue weighted by Gasteiger charge is -2.31. The van der Waals surface area contributed by atoms with Crippen LogP contribution < -0.4 is 38.1 Å². The summed E-state index contributed by atoms with van der Waals surface area (Å²) >= 11 is 0. The molecule has 1 aliphatic rings. The van der Waals surface area contributed by atoms with Crippen molar-refractivity contribution in [3.8, 4) is 5.75 Å². The average molecular weight is 792 g/mol. The number of nitrogens with two attached hydrogens (primary N) is 2. The zero-order valence-electron chi connectivity index (χ0n) is 32.6. The zero-order valence-corrected chi connectivity index (χ0v) is 32.6. The first-order valence-corrected chi connectivity index (χ1v) is 18.4. The fourth-order valence-electron chi connectivity index (χ4n) is 5.26. The van der Waals surface area contributed by atoms with Gasteiger partial charge in [-0.15, -0.1) is 0 Å². The van der Waals surface area contributed by atoms with Gasteiger partial charge in [-0.1, -0.05) is 101 Å². The Morgan fingerprint density at radius 1 is 0.737 bits per heavy atom. The predicted molar refractivity (Wildman–Crippen MR) is 211 cm³/mol. The number of ether oxygens (including phenoxy) is 1. The number of hydrogen-bond acceptors (Lipinski definition) is 10. The molecule has 57 heavy (non-hydrogen) atoms. The number of phenolic OH excluding ortho intramolecular Hbond substituents is 1. The Labute approximate surface area is 331 Å². The standard InChI is InChI=1S/C40H53N7O10/c1-6-24(4)34-40(56)57-25(5)35(45-32(51)16-14-12-10-8-7-9-11-13-15-26-17-19-27(48)20-18-26)39(55)46-33(23(2)3)38(54)44-28(21-30(41)49)36(52)43-29(22-31(42)50)37(53)47-34/h7-20,23-25,28-29,33-35,48H,6,21-22H2,1-5H3,(H2,41,49)(H2,42,50)(H,43,52)(H,44,54)(H,45,51)(H,46,55)(H,47,53)/b8-7+,11-9+,12-10+,15-13+,16-14+/t24-,25-,28+,29+,33+,34+,35+/m1/s1. The molecule has 17 heteroatoms. The van der Waals surface area contributed by atoms with Crippen LogP contribution in [0.15, 0.2) is 78.9 Å². The normalized spacial score (nSPS) is 23.7. The molecule has 10 N–H and O–H groups in total. The highest BCUT2D eigenvalue weighted by Crippen LogP contribution is 2.15. The second-order valence-corrected chi connectivity index (χ2v) is 13.7. The number of aromatic hydroxyl groups is 1. The summed E-state index contributed by atoms with van der Waals surface area (Å²) in [6.45, 7) is 7.88. The summed E-state index contributed by atoms with van der Waals surface area (Å²) in [7, 11) is 0. The number of carbonyl (C=O) groups excluding carboxylic acids is 8. The van der Waals surface area contributed by atoms with Crippen LogP contribution in [0.4, 0.5) is 0 Å². The van der Waals surface area contributed by atoms with Gasteiger partial charge >= 0.3 is 5.97 Å². The number of allylic oxidation sites excluding steroid dienone is 8. The van der Waals surface area contributed by atoms with Crippen LogP contribution in [0.3, 0.4) is 0 Å². The fourth-order valence-corrected chi connectivity index (χ4v) is 5.26. The van der Waals surface area contributed by atoms with E-state index in [2.05, 4.69) is 26.6 Å². The summed E-state index contributed by atoms with van der Waals surface area (Å²) in [5, 5.41) is 21.5. The number of esters is 1. The van der Waals surface area contributed by atoms with Crippen molar-refractivity contribution in [2.45, 2.75) is 90.2 Å². The van der Waals surface area contributed by atoms with Crippen LogP contribution in [-0.2, 0) is 43.1 Å². The molecular formula is C40H53N7O10. The van der Waals surface area contributed by atoms with Crippen molar-refractivity contribution in [1.82, 2.24) is 26.6 Å². The van der Waals surface area contributed by atoms with Gasteiger partial charge in [0.1, 0.15) is 42.1 Å². The zero-order chi connectivity index (χ0) is 42.7. The lowest BCUT2D eigenvalue weighted by molar-refractivity contribution is -0.157. The van der Waals surface area contributed by atoms with Crippen molar-refractivity contribution in [1.29, 1.82) is 0 Å². The van der Waals surface area contributed by atoms with Crippen molar-refractivity contribution < 1.29 is 48.2 Å². The van der Waals surface area contributed by atoms with Gasteiger partial charge in [0.15, 0.2) is 0 Å². The van der Waals surface area contributed by atoms with Crippen LogP contribution >= 0.6 is 0 Å². The number of cyclic esters (lactones) is 1. The van der Waals surface area contributed by atoms with Gasteiger partial charge < -0.3 is 47.9 Å². The molecule has 7 amide bonds. The largest absolute Gasteiger partial charge is 0.508 e. The van der Waals surface area contributed by atoms with Gasteiger partial charge in [0, 0.05) is 6.08 Å². The first-order chi connectivity index (χ1) is 26.9. The summed E-state index contributed by atoms with van der Waals surface area (Å²) in [5.41, 5.74) is 11.6. The van der Waals surface area contributed by atoms with Gasteiger partial charge in [-0.2, -0.15) is 0 Å². The van der Waals surface area contributed by atoms with Gasteiger partial charge in [-0.3, -0.25) is 33.6 Å². The maximum atomic E-state index is 13.8. The third-order valence-electron chi connectivity index (χ3n) is 8.65. The fraction of sp³-hybridized carbons (Fsp3) is 0.400. The topological polar surface area (TPSA) is 278 Å². The third-order valence-corrected chi connectivity index (χ3v) is 8.65. The van der Waals surface area contributed by atoms with E-state index in [9.17, 15) is 43.5 Å². The van der Waals surface area contributed by atoms with Crippen LogP contribution in [0.25, 0.3) is 6.08 Å². The van der Waals surface area contributed by atoms with Gasteiger partial charge in [0.2, 0.25) is 41.4 Å². The monoisotopic (exact) mass is 791 g/mol. The second-order valence-electron chi connectivity index (χ2n) is 13.7. The molecule has 0 saturated carbocycles. The molecule has 308 valence electrons. The van der Waals surface area contributed by atoms with Crippen molar-refractivity contribution in [2.24, 2.45) is 23.3 Å². The van der Waals surface area contributed by atoms with Crippen LogP contribution in [0, 0.1) is 11.8 Å². The number of primary amides is 2. The highest BCUT2D eigenvalue weighted by Gasteiger charge is 2.39. The smallest absolute Gasteiger partial charge is 0.329 e. The first kappa shape index (κ1) is 46.6. The summed E-state index contributed by atoms with van der Waals surface area (Å²) in [4.78, 5) is 105. The Morgan fingerprint density at radius 2 is 1.23 bits per heavy atom. The highest BCUT2D eigenvalue weighted by molar-refractivity contribution is 5.99. The number of nitrogens with one attached hydrogen (secondary N) is 5. The Bertz CT molecular complexity index is 1770. The Hall–Kier alpha value is -6.52. The Balaban J connectivity index is 2.39. The molecule has 1 heterocycles. The Kier molecular flexibility index (Phi) is 19.2. The molecule has 0 radical (unpaired) electrons. The quantitative estimate of drug-likeness (QED) is 0.0732. The summed E-state index contributed by atoms with van der Waals surface area (Å²) in [6, 6.07) is -0.833. The van der Waals surface area contributed by atoms with Crippen molar-refractivity contribution in [3.63, 3.8) is 0 Å². The number of benzene rings is 1. The number of carbonyl (C=O) groups is 8. The molecule has 0 bridgehead atoms. The average Bonchev–Trinajstić information content (AvgIpc) is 3.14. The van der Waals surface area contributed by atoms with E-state index in [4.69, 9.17) is 16.2 Å². The molecule has 1 aliphatic heterocycles. The van der Waals surface area contributed by atoms with E-state index in [1.54, 1.807) is 88.4 Å². The minimum absolute atomic E-state index is 0.182. The Morgan fingerprint density at radius 3 is 1.75 bits per heavy atom. The molecule has 1 saturated heterocycles. The van der Waals surface area contributed by atoms with E-state index >= 15 is 0 Å². The lowest BCUT2D eigenvalue weighted by Crippen LogP contribution is -2.62. The van der Waals surface area contributed by atoms with Crippen molar-refractivity contribution in [2.75, 3.05) is 0 Å². The van der Waals surface area contributed by atoms with Crippen LogP contribution in [-0.4, -0.2) is 88.7 Å². The SMILES string of the molecule is CC[C@@H](C)[C@@H]1NC(=O)[C@H](CC(N)=O)NC(=O)[C@H](CC(N)=O)NC(=O)[C@H](C(C)C)NC(=O)[C@@H](NC(=O)/C=C/C=C/C=C/C=C/C=C/c2ccc(O)cc2)[C@@H](C)OC1=O. The molecule has 0 aromatic heterocycles. The second kappa shape index (κ2) is 23.4. The maximum absolute atomic E-state index is 13.8. The maximum Gasteiger partial charge on any atom is 0.329 e. The van der Waals surface area contributed by atoms with E-state index in [1.165, 1.54) is 13.0 Å². The first-order valence-electron chi connectivity index (χ1n) is 18.4. The van der Waals surface area contributed by atoms with E-state index in [-0.39, 0.29) is 5.75 Å². The van der Waals surface area contributed by atoms with Gasteiger partial charge in [0.25, 0.3) is 0 Å². The van der Waals surface area contributed by atoms with Crippen LogP contribution in [0.5, 0.6) is 5.75 Å². The number of rotatable bonds is 14.